The normalized spacial score (nSPS) is 17.0. The number of aliphatic hydroxyl groups is 1. The SMILES string of the molecule is COc1ccc(OC)c(/C(O)=C2\C(=O)C(=O)N(c3cc(C)cc(C)c3)C2c2c(C)[nH]c3ccccc23)c1. The van der Waals surface area contributed by atoms with Crippen molar-refractivity contribution in [3.8, 4) is 11.5 Å². The third-order valence-electron chi connectivity index (χ3n) is 6.81. The van der Waals surface area contributed by atoms with Crippen molar-refractivity contribution < 1.29 is 24.2 Å². The Bertz CT molecular complexity index is 1580. The summed E-state index contributed by atoms with van der Waals surface area (Å²) >= 11 is 0. The Balaban J connectivity index is 1.85. The minimum atomic E-state index is -0.867. The number of nitrogens with zero attached hydrogens (tertiary/aromatic N) is 1. The lowest BCUT2D eigenvalue weighted by atomic mass is 9.92. The van der Waals surface area contributed by atoms with E-state index in [0.717, 1.165) is 33.3 Å². The fraction of sp³-hybridized carbons (Fsp3) is 0.200. The number of H-pyrrole nitrogens is 1. The Morgan fingerprint density at radius 2 is 1.62 bits per heavy atom. The first-order chi connectivity index (χ1) is 17.7. The lowest BCUT2D eigenvalue weighted by Crippen LogP contribution is -2.29. The molecule has 5 rings (SSSR count). The van der Waals surface area contributed by atoms with Gasteiger partial charge in [0.25, 0.3) is 11.7 Å². The molecule has 1 atom stereocenters. The number of methoxy groups -OCH3 is 2. The highest BCUT2D eigenvalue weighted by molar-refractivity contribution is 6.52. The van der Waals surface area contributed by atoms with Crippen molar-refractivity contribution in [1.29, 1.82) is 0 Å². The summed E-state index contributed by atoms with van der Waals surface area (Å²) in [6, 6.07) is 17.6. The van der Waals surface area contributed by atoms with Crippen molar-refractivity contribution in [2.24, 2.45) is 0 Å². The summed E-state index contributed by atoms with van der Waals surface area (Å²) in [5, 5.41) is 12.5. The van der Waals surface area contributed by atoms with Crippen molar-refractivity contribution in [2.45, 2.75) is 26.8 Å². The molecule has 0 spiro atoms. The van der Waals surface area contributed by atoms with Crippen LogP contribution in [0, 0.1) is 20.8 Å². The Morgan fingerprint density at radius 3 is 2.30 bits per heavy atom. The van der Waals surface area contributed by atoms with Gasteiger partial charge in [-0.25, -0.2) is 0 Å². The van der Waals surface area contributed by atoms with Crippen LogP contribution in [-0.2, 0) is 9.59 Å². The number of amides is 1. The van der Waals surface area contributed by atoms with Crippen LogP contribution in [0.5, 0.6) is 11.5 Å². The van der Waals surface area contributed by atoms with Crippen LogP contribution in [0.25, 0.3) is 16.7 Å². The fourth-order valence-electron chi connectivity index (χ4n) is 5.26. The quantitative estimate of drug-likeness (QED) is 0.209. The molecule has 1 fully saturated rings. The van der Waals surface area contributed by atoms with Crippen molar-refractivity contribution in [1.82, 2.24) is 4.98 Å². The van der Waals surface area contributed by atoms with E-state index in [0.29, 0.717) is 17.2 Å². The predicted octanol–water partition coefficient (Wildman–Crippen LogP) is 5.74. The molecule has 7 heteroatoms. The van der Waals surface area contributed by atoms with E-state index in [2.05, 4.69) is 4.98 Å². The first kappa shape index (κ1) is 24.2. The molecule has 1 aliphatic rings. The zero-order valence-electron chi connectivity index (χ0n) is 21.4. The molecule has 1 saturated heterocycles. The minimum Gasteiger partial charge on any atom is -0.507 e. The third kappa shape index (κ3) is 3.93. The van der Waals surface area contributed by atoms with Crippen molar-refractivity contribution in [3.05, 3.63) is 94.2 Å². The highest BCUT2D eigenvalue weighted by Gasteiger charge is 2.48. The number of carbonyl (C=O) groups is 2. The van der Waals surface area contributed by atoms with Crippen LogP contribution in [-0.4, -0.2) is 36.0 Å². The van der Waals surface area contributed by atoms with Crippen LogP contribution in [0.3, 0.4) is 0 Å². The molecule has 0 radical (unpaired) electrons. The predicted molar refractivity (Wildman–Crippen MR) is 143 cm³/mol. The first-order valence-electron chi connectivity index (χ1n) is 11.9. The molecule has 37 heavy (non-hydrogen) atoms. The molecule has 0 aliphatic carbocycles. The van der Waals surface area contributed by atoms with E-state index in [1.807, 2.05) is 63.2 Å². The Kier molecular flexibility index (Phi) is 5.99. The van der Waals surface area contributed by atoms with Gasteiger partial charge < -0.3 is 19.6 Å². The molecule has 2 N–H and O–H groups in total. The number of benzene rings is 3. The lowest BCUT2D eigenvalue weighted by molar-refractivity contribution is -0.132. The molecule has 1 amide bonds. The summed E-state index contributed by atoms with van der Waals surface area (Å²) in [6.07, 6.45) is 0. The fourth-order valence-corrected chi connectivity index (χ4v) is 5.26. The third-order valence-corrected chi connectivity index (χ3v) is 6.81. The molecule has 3 aromatic carbocycles. The summed E-state index contributed by atoms with van der Waals surface area (Å²) < 4.78 is 10.8. The van der Waals surface area contributed by atoms with Crippen LogP contribution in [0.4, 0.5) is 5.69 Å². The lowest BCUT2D eigenvalue weighted by Gasteiger charge is -2.26. The molecule has 188 valence electrons. The van der Waals surface area contributed by atoms with E-state index in [4.69, 9.17) is 9.47 Å². The smallest absolute Gasteiger partial charge is 0.300 e. The first-order valence-corrected chi connectivity index (χ1v) is 11.9. The maximum absolute atomic E-state index is 13.7. The van der Waals surface area contributed by atoms with Crippen LogP contribution >= 0.6 is 0 Å². The van der Waals surface area contributed by atoms with E-state index < -0.39 is 17.7 Å². The molecule has 4 aromatic rings. The molecule has 7 nitrogen and oxygen atoms in total. The second-order valence-corrected chi connectivity index (χ2v) is 9.29. The number of para-hydroxylation sites is 1. The Labute approximate surface area is 214 Å². The van der Waals surface area contributed by atoms with Gasteiger partial charge >= 0.3 is 0 Å². The van der Waals surface area contributed by atoms with E-state index in [9.17, 15) is 14.7 Å². The number of Topliss-reactive ketones (excluding diaryl/α,β-unsaturated/α-hetero) is 1. The number of ketones is 1. The van der Waals surface area contributed by atoms with Crippen molar-refractivity contribution in [3.63, 3.8) is 0 Å². The second-order valence-electron chi connectivity index (χ2n) is 9.29. The highest BCUT2D eigenvalue weighted by Crippen LogP contribution is 2.46. The minimum absolute atomic E-state index is 0.0106. The number of aromatic amines is 1. The number of ether oxygens (including phenoxy) is 2. The van der Waals surface area contributed by atoms with E-state index in [-0.39, 0.29) is 16.9 Å². The summed E-state index contributed by atoms with van der Waals surface area (Å²) in [5.41, 5.74) is 5.18. The topological polar surface area (TPSA) is 91.9 Å². The monoisotopic (exact) mass is 496 g/mol. The number of rotatable bonds is 5. The molecule has 1 aromatic heterocycles. The zero-order chi connectivity index (χ0) is 26.4. The van der Waals surface area contributed by atoms with Crippen LogP contribution < -0.4 is 14.4 Å². The Hall–Kier alpha value is -4.52. The number of aliphatic hydroxyl groups excluding tert-OH is 1. The molecule has 0 bridgehead atoms. The number of anilines is 1. The number of nitrogens with one attached hydrogen (secondary N) is 1. The number of hydrogen-bond acceptors (Lipinski definition) is 5. The van der Waals surface area contributed by atoms with Crippen LogP contribution in [0.1, 0.15) is 34.0 Å². The summed E-state index contributed by atoms with van der Waals surface area (Å²) in [7, 11) is 2.99. The van der Waals surface area contributed by atoms with Gasteiger partial charge in [-0.3, -0.25) is 14.5 Å². The maximum Gasteiger partial charge on any atom is 0.300 e. The number of hydrogen-bond donors (Lipinski definition) is 2. The van der Waals surface area contributed by atoms with Gasteiger partial charge in [0.2, 0.25) is 0 Å². The maximum atomic E-state index is 13.7. The Morgan fingerprint density at radius 1 is 0.919 bits per heavy atom. The average Bonchev–Trinajstić information content (AvgIpc) is 3.34. The molecule has 1 unspecified atom stereocenters. The van der Waals surface area contributed by atoms with Gasteiger partial charge in [-0.15, -0.1) is 0 Å². The number of fused-ring (bicyclic) bond motifs is 1. The summed E-state index contributed by atoms with van der Waals surface area (Å²) in [5.74, 6) is -0.967. The molecule has 0 saturated carbocycles. The van der Waals surface area contributed by atoms with Gasteiger partial charge in [0.15, 0.2) is 0 Å². The van der Waals surface area contributed by atoms with Gasteiger partial charge in [0, 0.05) is 27.8 Å². The van der Waals surface area contributed by atoms with Gasteiger partial charge in [-0.2, -0.15) is 0 Å². The summed E-state index contributed by atoms with van der Waals surface area (Å²) in [6.45, 7) is 5.80. The van der Waals surface area contributed by atoms with Crippen LogP contribution in [0.15, 0.2) is 66.2 Å². The average molecular weight is 497 g/mol. The van der Waals surface area contributed by atoms with E-state index in [1.165, 1.54) is 19.1 Å². The highest BCUT2D eigenvalue weighted by atomic mass is 16.5. The van der Waals surface area contributed by atoms with E-state index >= 15 is 0 Å². The number of carbonyl (C=O) groups excluding carboxylic acids is 2. The number of aromatic nitrogens is 1. The summed E-state index contributed by atoms with van der Waals surface area (Å²) in [4.78, 5) is 32.2. The van der Waals surface area contributed by atoms with Gasteiger partial charge in [0.05, 0.1) is 31.4 Å². The standard InChI is InChI=1S/C30H28N2O5/c1-16-12-17(2)14-19(13-16)32-27(25-18(3)31-23-9-7-6-8-21(23)25)26(29(34)30(32)35)28(33)22-15-20(36-4)10-11-24(22)37-5/h6-15,27,31,33H,1-5H3/b28-26+. The van der Waals surface area contributed by atoms with Gasteiger partial charge in [0.1, 0.15) is 17.3 Å². The number of aryl methyl sites for hydroxylation is 3. The second kappa shape index (κ2) is 9.17. The van der Waals surface area contributed by atoms with Crippen molar-refractivity contribution >= 4 is 34.0 Å². The van der Waals surface area contributed by atoms with Crippen molar-refractivity contribution in [2.75, 3.05) is 19.1 Å². The molecule has 1 aliphatic heterocycles. The molecule has 2 heterocycles. The largest absolute Gasteiger partial charge is 0.507 e. The van der Waals surface area contributed by atoms with Crippen LogP contribution in [0.2, 0.25) is 0 Å². The molecular weight excluding hydrogens is 468 g/mol. The van der Waals surface area contributed by atoms with Gasteiger partial charge in [-0.05, 0) is 68.3 Å². The molecular formula is C30H28N2O5. The van der Waals surface area contributed by atoms with Gasteiger partial charge in [-0.1, -0.05) is 24.3 Å². The zero-order valence-corrected chi connectivity index (χ0v) is 21.4. The van der Waals surface area contributed by atoms with E-state index in [1.54, 1.807) is 18.2 Å².